The fraction of sp³-hybridized carbons (Fsp3) is 0.600. The third-order valence-electron chi connectivity index (χ3n) is 1.81. The predicted octanol–water partition coefficient (Wildman–Crippen LogP) is 0.229. The maximum atomic E-state index is 10.0. The normalized spacial score (nSPS) is 13.5. The Morgan fingerprint density at radius 2 is 1.80 bits per heavy atom. The molecule has 5 nitrogen and oxygen atoms in total. The summed E-state index contributed by atoms with van der Waals surface area (Å²) >= 11 is 0. The fourth-order valence-corrected chi connectivity index (χ4v) is 1.01. The highest BCUT2D eigenvalue weighted by Crippen LogP contribution is 1.95. The minimum Gasteiger partial charge on any atom is -0.289 e. The van der Waals surface area contributed by atoms with Gasteiger partial charge in [-0.25, -0.2) is 0 Å². The molecule has 0 bridgehead atoms. The summed E-state index contributed by atoms with van der Waals surface area (Å²) in [5.74, 6) is 4.40. The number of imide groups is 1. The molecule has 1 aliphatic rings. The van der Waals surface area contributed by atoms with E-state index in [4.69, 9.17) is 5.84 Å². The lowest BCUT2D eigenvalue weighted by Gasteiger charge is -1.95. The number of amides is 2. The molecule has 1 rings (SSSR count). The molecule has 0 radical (unpaired) electrons. The van der Waals surface area contributed by atoms with Gasteiger partial charge in [-0.15, -0.1) is 0 Å². The number of nitrogens with one attached hydrogen (secondary N) is 2. The number of hydrazine groups is 1. The molecule has 4 N–H and O–H groups in total. The molecule has 0 aromatic carbocycles. The van der Waals surface area contributed by atoms with Crippen molar-refractivity contribution in [3.63, 3.8) is 0 Å². The van der Waals surface area contributed by atoms with Crippen molar-refractivity contribution in [3.8, 4) is 0 Å². The first-order valence-electron chi connectivity index (χ1n) is 5.17. The summed E-state index contributed by atoms with van der Waals surface area (Å²) in [6.07, 6.45) is 7.54. The summed E-state index contributed by atoms with van der Waals surface area (Å²) in [5.41, 5.74) is 2.63. The van der Waals surface area contributed by atoms with Crippen LogP contribution in [0.5, 0.6) is 0 Å². The third kappa shape index (κ3) is 9.11. The van der Waals surface area contributed by atoms with E-state index in [0.29, 0.717) is 0 Å². The minimum absolute atomic E-state index is 0.329. The maximum absolute atomic E-state index is 10.0. The molecular weight excluding hydrogens is 194 g/mol. The van der Waals surface area contributed by atoms with Gasteiger partial charge in [-0.05, 0) is 6.42 Å². The van der Waals surface area contributed by atoms with E-state index in [0.717, 1.165) is 6.54 Å². The highest BCUT2D eigenvalue weighted by atomic mass is 16.2. The number of carbonyl (C=O) groups is 2. The average molecular weight is 213 g/mol. The van der Waals surface area contributed by atoms with Crippen LogP contribution in [-0.4, -0.2) is 18.4 Å². The van der Waals surface area contributed by atoms with Gasteiger partial charge in [0, 0.05) is 18.7 Å². The smallest absolute Gasteiger partial charge is 0.250 e. The zero-order valence-corrected chi connectivity index (χ0v) is 9.08. The molecule has 0 spiro atoms. The Balaban J connectivity index is 0.000000262. The Labute approximate surface area is 90.1 Å². The van der Waals surface area contributed by atoms with E-state index in [1.54, 1.807) is 0 Å². The predicted molar refractivity (Wildman–Crippen MR) is 58.6 cm³/mol. The van der Waals surface area contributed by atoms with E-state index in [1.165, 1.54) is 37.8 Å². The standard InChI is InChI=1S/C6H16N2.C4H3NO2/c1-2-3-4-5-6-8-7;6-3-1-2-4(7)5-3/h8H,2-7H2,1H3;1-2H,(H,5,6,7). The second-order valence-corrected chi connectivity index (χ2v) is 3.20. The summed E-state index contributed by atoms with van der Waals surface area (Å²) in [6.45, 7) is 3.16. The second kappa shape index (κ2) is 9.36. The van der Waals surface area contributed by atoms with Crippen molar-refractivity contribution in [3.05, 3.63) is 12.2 Å². The molecule has 1 aliphatic heterocycles. The van der Waals surface area contributed by atoms with Crippen LogP contribution in [0.25, 0.3) is 0 Å². The van der Waals surface area contributed by atoms with Crippen LogP contribution in [0.2, 0.25) is 0 Å². The molecule has 0 saturated carbocycles. The van der Waals surface area contributed by atoms with E-state index >= 15 is 0 Å². The Kier molecular flexibility index (Phi) is 8.61. The van der Waals surface area contributed by atoms with Gasteiger partial charge in [-0.1, -0.05) is 26.2 Å². The van der Waals surface area contributed by atoms with Gasteiger partial charge < -0.3 is 0 Å². The molecule has 0 aromatic rings. The zero-order chi connectivity index (χ0) is 11.5. The van der Waals surface area contributed by atoms with Crippen LogP contribution < -0.4 is 16.6 Å². The molecule has 5 heteroatoms. The molecule has 0 atom stereocenters. The Hall–Kier alpha value is -1.20. The summed E-state index contributed by atoms with van der Waals surface area (Å²) in [6, 6.07) is 0. The number of rotatable bonds is 5. The van der Waals surface area contributed by atoms with E-state index in [2.05, 4.69) is 12.3 Å². The van der Waals surface area contributed by atoms with E-state index in [1.807, 2.05) is 5.32 Å². The van der Waals surface area contributed by atoms with Crippen LogP contribution in [0.15, 0.2) is 12.2 Å². The number of nitrogens with two attached hydrogens (primary N) is 1. The molecule has 0 aromatic heterocycles. The van der Waals surface area contributed by atoms with Crippen molar-refractivity contribution < 1.29 is 9.59 Å². The molecule has 2 amide bonds. The van der Waals surface area contributed by atoms with Gasteiger partial charge in [-0.3, -0.25) is 26.2 Å². The largest absolute Gasteiger partial charge is 0.289 e. The van der Waals surface area contributed by atoms with Crippen LogP contribution in [0.3, 0.4) is 0 Å². The van der Waals surface area contributed by atoms with Gasteiger partial charge in [0.2, 0.25) is 0 Å². The average Bonchev–Trinajstić information content (AvgIpc) is 2.58. The van der Waals surface area contributed by atoms with Crippen LogP contribution in [-0.2, 0) is 9.59 Å². The molecule has 0 aliphatic carbocycles. The van der Waals surface area contributed by atoms with Gasteiger partial charge in [0.25, 0.3) is 11.8 Å². The Bertz CT molecular complexity index is 205. The molecule has 0 saturated heterocycles. The SMILES string of the molecule is CCCCCCNN.O=C1C=CC(=O)N1. The van der Waals surface area contributed by atoms with Gasteiger partial charge in [-0.2, -0.15) is 0 Å². The zero-order valence-electron chi connectivity index (χ0n) is 9.08. The molecule has 86 valence electrons. The van der Waals surface area contributed by atoms with E-state index in [9.17, 15) is 9.59 Å². The van der Waals surface area contributed by atoms with Crippen molar-refractivity contribution >= 4 is 11.8 Å². The lowest BCUT2D eigenvalue weighted by molar-refractivity contribution is -0.123. The van der Waals surface area contributed by atoms with Crippen molar-refractivity contribution in [2.45, 2.75) is 32.6 Å². The summed E-state index contributed by atoms with van der Waals surface area (Å²) in [5, 5.41) is 2.03. The second-order valence-electron chi connectivity index (χ2n) is 3.20. The first-order valence-corrected chi connectivity index (χ1v) is 5.17. The lowest BCUT2D eigenvalue weighted by atomic mass is 10.2. The Morgan fingerprint density at radius 3 is 2.13 bits per heavy atom. The van der Waals surface area contributed by atoms with Crippen LogP contribution in [0.4, 0.5) is 0 Å². The first-order chi connectivity index (χ1) is 7.20. The Morgan fingerprint density at radius 1 is 1.20 bits per heavy atom. The quantitative estimate of drug-likeness (QED) is 0.264. The molecule has 15 heavy (non-hydrogen) atoms. The lowest BCUT2D eigenvalue weighted by Crippen LogP contribution is -2.22. The highest BCUT2D eigenvalue weighted by molar-refractivity contribution is 6.12. The van der Waals surface area contributed by atoms with Gasteiger partial charge in [0.05, 0.1) is 0 Å². The third-order valence-corrected chi connectivity index (χ3v) is 1.81. The topological polar surface area (TPSA) is 84.2 Å². The monoisotopic (exact) mass is 213 g/mol. The van der Waals surface area contributed by atoms with E-state index in [-0.39, 0.29) is 11.8 Å². The molecule has 0 fully saturated rings. The summed E-state index contributed by atoms with van der Waals surface area (Å²) < 4.78 is 0. The molecule has 1 heterocycles. The number of hydrogen-bond acceptors (Lipinski definition) is 4. The van der Waals surface area contributed by atoms with Crippen molar-refractivity contribution in [2.24, 2.45) is 5.84 Å². The van der Waals surface area contributed by atoms with Gasteiger partial charge in [0.1, 0.15) is 0 Å². The highest BCUT2D eigenvalue weighted by Gasteiger charge is 2.06. The number of unbranched alkanes of at least 4 members (excludes halogenated alkanes) is 3. The van der Waals surface area contributed by atoms with Crippen molar-refractivity contribution in [1.82, 2.24) is 10.7 Å². The van der Waals surface area contributed by atoms with Crippen molar-refractivity contribution in [1.29, 1.82) is 0 Å². The minimum atomic E-state index is -0.329. The van der Waals surface area contributed by atoms with E-state index < -0.39 is 0 Å². The first kappa shape index (κ1) is 13.8. The molecular formula is C10H19N3O2. The van der Waals surface area contributed by atoms with Crippen LogP contribution in [0.1, 0.15) is 32.6 Å². The van der Waals surface area contributed by atoms with Crippen LogP contribution in [0, 0.1) is 0 Å². The summed E-state index contributed by atoms with van der Waals surface area (Å²) in [7, 11) is 0. The fourth-order valence-electron chi connectivity index (χ4n) is 1.01. The number of hydrogen-bond donors (Lipinski definition) is 3. The maximum Gasteiger partial charge on any atom is 0.250 e. The van der Waals surface area contributed by atoms with Gasteiger partial charge in [0.15, 0.2) is 0 Å². The van der Waals surface area contributed by atoms with Gasteiger partial charge >= 0.3 is 0 Å². The molecule has 0 unspecified atom stereocenters. The van der Waals surface area contributed by atoms with Crippen LogP contribution >= 0.6 is 0 Å². The summed E-state index contributed by atoms with van der Waals surface area (Å²) in [4.78, 5) is 20.1. The van der Waals surface area contributed by atoms with Crippen molar-refractivity contribution in [2.75, 3.05) is 6.54 Å². The number of carbonyl (C=O) groups excluding carboxylic acids is 2.